The Balaban J connectivity index is 1.68. The van der Waals surface area contributed by atoms with Crippen molar-refractivity contribution in [2.24, 2.45) is 0 Å². The van der Waals surface area contributed by atoms with Gasteiger partial charge >= 0.3 is 0 Å². The zero-order valence-corrected chi connectivity index (χ0v) is 11.9. The monoisotopic (exact) mass is 311 g/mol. The fourth-order valence-corrected chi connectivity index (χ4v) is 2.51. The summed E-state index contributed by atoms with van der Waals surface area (Å²) in [5, 5.41) is 2.92. The molecule has 1 amide bonds. The Kier molecular flexibility index (Phi) is 5.13. The van der Waals surface area contributed by atoms with Crippen LogP contribution in [-0.2, 0) is 0 Å². The molecule has 0 unspecified atom stereocenters. The molecule has 1 aromatic heterocycles. The van der Waals surface area contributed by atoms with Crippen LogP contribution in [0.4, 0.5) is 0 Å². The molecule has 0 atom stereocenters. The van der Waals surface area contributed by atoms with Crippen molar-refractivity contribution in [2.75, 3.05) is 26.2 Å². The maximum atomic E-state index is 11.8. The second-order valence-corrected chi connectivity index (χ2v) is 5.47. The van der Waals surface area contributed by atoms with Gasteiger partial charge in [0.25, 0.3) is 5.91 Å². The molecular weight excluding hydrogens is 294 g/mol. The molecule has 5 heteroatoms. The van der Waals surface area contributed by atoms with Crippen molar-refractivity contribution in [2.45, 2.75) is 19.3 Å². The van der Waals surface area contributed by atoms with E-state index in [0.29, 0.717) is 5.56 Å². The summed E-state index contributed by atoms with van der Waals surface area (Å²) in [5.74, 6) is -0.0507. The third-order valence-corrected chi connectivity index (χ3v) is 3.54. The molecule has 0 aromatic carbocycles. The van der Waals surface area contributed by atoms with Crippen molar-refractivity contribution in [3.63, 3.8) is 0 Å². The van der Waals surface area contributed by atoms with Gasteiger partial charge in [-0.1, -0.05) is 0 Å². The molecule has 2 rings (SSSR count). The molecule has 0 spiro atoms. The third kappa shape index (κ3) is 4.07. The largest absolute Gasteiger partial charge is 0.352 e. The van der Waals surface area contributed by atoms with Gasteiger partial charge < -0.3 is 10.2 Å². The Morgan fingerprint density at radius 1 is 1.39 bits per heavy atom. The molecule has 98 valence electrons. The molecule has 0 bridgehead atoms. The van der Waals surface area contributed by atoms with Crippen molar-refractivity contribution in [1.82, 2.24) is 15.2 Å². The molecule has 4 nitrogen and oxygen atoms in total. The Hall–Kier alpha value is -0.940. The average molecular weight is 312 g/mol. The van der Waals surface area contributed by atoms with E-state index < -0.39 is 0 Å². The second kappa shape index (κ2) is 6.85. The number of hydrogen-bond acceptors (Lipinski definition) is 3. The fourth-order valence-electron chi connectivity index (χ4n) is 2.15. The number of likely N-dealkylation sites (tertiary alicyclic amines) is 1. The van der Waals surface area contributed by atoms with Crippen LogP contribution in [0.3, 0.4) is 0 Å². The van der Waals surface area contributed by atoms with E-state index in [1.807, 2.05) is 0 Å². The first-order valence-electron chi connectivity index (χ1n) is 6.37. The molecular formula is C13H18BrN3O. The highest BCUT2D eigenvalue weighted by Gasteiger charge is 2.11. The maximum absolute atomic E-state index is 11.8. The number of carbonyl (C=O) groups excluding carboxylic acids is 1. The summed E-state index contributed by atoms with van der Waals surface area (Å²) in [6, 6.07) is 1.78. The predicted molar refractivity (Wildman–Crippen MR) is 74.6 cm³/mol. The molecule has 0 radical (unpaired) electrons. The standard InChI is InChI=1S/C13H18BrN3O/c14-12-8-11(9-15-10-12)13(18)16-4-3-7-17-5-1-2-6-17/h8-10H,1-7H2,(H,16,18). The van der Waals surface area contributed by atoms with Gasteiger partial charge in [0.2, 0.25) is 0 Å². The first-order chi connectivity index (χ1) is 8.75. The summed E-state index contributed by atoms with van der Waals surface area (Å²) in [6.45, 7) is 4.23. The van der Waals surface area contributed by atoms with Crippen LogP contribution in [0.25, 0.3) is 0 Å². The molecule has 1 aromatic rings. The average Bonchev–Trinajstić information content (AvgIpc) is 2.87. The van der Waals surface area contributed by atoms with Crippen LogP contribution in [0.5, 0.6) is 0 Å². The molecule has 2 heterocycles. The number of nitrogens with zero attached hydrogens (tertiary/aromatic N) is 2. The van der Waals surface area contributed by atoms with Crippen LogP contribution in [-0.4, -0.2) is 42.0 Å². The number of hydrogen-bond donors (Lipinski definition) is 1. The van der Waals surface area contributed by atoms with Gasteiger partial charge in [0.1, 0.15) is 0 Å². The summed E-state index contributed by atoms with van der Waals surface area (Å²) in [5.41, 5.74) is 0.602. The van der Waals surface area contributed by atoms with E-state index in [9.17, 15) is 4.79 Å². The molecule has 1 aliphatic rings. The fraction of sp³-hybridized carbons (Fsp3) is 0.538. The molecule has 1 aliphatic heterocycles. The smallest absolute Gasteiger partial charge is 0.252 e. The van der Waals surface area contributed by atoms with Crippen molar-refractivity contribution >= 4 is 21.8 Å². The summed E-state index contributed by atoms with van der Waals surface area (Å²) in [4.78, 5) is 18.2. The number of pyridine rings is 1. The van der Waals surface area contributed by atoms with Crippen molar-refractivity contribution < 1.29 is 4.79 Å². The van der Waals surface area contributed by atoms with Crippen molar-refractivity contribution in [3.8, 4) is 0 Å². The van der Waals surface area contributed by atoms with Crippen LogP contribution < -0.4 is 5.32 Å². The number of carbonyl (C=O) groups is 1. The van der Waals surface area contributed by atoms with Crippen LogP contribution in [0, 0.1) is 0 Å². The lowest BCUT2D eigenvalue weighted by molar-refractivity contribution is 0.0951. The van der Waals surface area contributed by atoms with Crippen LogP contribution in [0.1, 0.15) is 29.6 Å². The topological polar surface area (TPSA) is 45.2 Å². The van der Waals surface area contributed by atoms with Gasteiger partial charge in [0.05, 0.1) is 5.56 Å². The Bertz CT molecular complexity index is 405. The van der Waals surface area contributed by atoms with Crippen LogP contribution in [0.15, 0.2) is 22.9 Å². The lowest BCUT2D eigenvalue weighted by Gasteiger charge is -2.14. The number of nitrogens with one attached hydrogen (secondary N) is 1. The van der Waals surface area contributed by atoms with E-state index in [2.05, 4.69) is 31.1 Å². The van der Waals surface area contributed by atoms with Gasteiger partial charge in [0.15, 0.2) is 0 Å². The summed E-state index contributed by atoms with van der Waals surface area (Å²) < 4.78 is 0.826. The molecule has 1 N–H and O–H groups in total. The van der Waals surface area contributed by atoms with E-state index >= 15 is 0 Å². The van der Waals surface area contributed by atoms with Gasteiger partial charge in [-0.3, -0.25) is 9.78 Å². The SMILES string of the molecule is O=C(NCCCN1CCCC1)c1cncc(Br)c1. The van der Waals surface area contributed by atoms with E-state index in [1.165, 1.54) is 25.9 Å². The van der Waals surface area contributed by atoms with Gasteiger partial charge in [-0.05, 0) is 60.9 Å². The minimum absolute atomic E-state index is 0.0507. The highest BCUT2D eigenvalue weighted by molar-refractivity contribution is 9.10. The molecule has 1 fully saturated rings. The molecule has 0 aliphatic carbocycles. The summed E-state index contributed by atoms with van der Waals surface area (Å²) >= 11 is 3.31. The van der Waals surface area contributed by atoms with Crippen molar-refractivity contribution in [1.29, 1.82) is 0 Å². The lowest BCUT2D eigenvalue weighted by atomic mass is 10.2. The zero-order valence-electron chi connectivity index (χ0n) is 10.4. The van der Waals surface area contributed by atoms with Gasteiger partial charge in [0, 0.05) is 23.4 Å². The second-order valence-electron chi connectivity index (χ2n) is 4.55. The minimum Gasteiger partial charge on any atom is -0.352 e. The van der Waals surface area contributed by atoms with Gasteiger partial charge in [-0.15, -0.1) is 0 Å². The van der Waals surface area contributed by atoms with E-state index in [1.54, 1.807) is 18.5 Å². The first-order valence-corrected chi connectivity index (χ1v) is 7.16. The molecule has 18 heavy (non-hydrogen) atoms. The number of halogens is 1. The Labute approximate surface area is 116 Å². The third-order valence-electron chi connectivity index (χ3n) is 3.10. The van der Waals surface area contributed by atoms with Crippen molar-refractivity contribution in [3.05, 3.63) is 28.5 Å². The zero-order chi connectivity index (χ0) is 12.8. The molecule has 1 saturated heterocycles. The van der Waals surface area contributed by atoms with Crippen LogP contribution >= 0.6 is 15.9 Å². The maximum Gasteiger partial charge on any atom is 0.252 e. The first kappa shape index (κ1) is 13.5. The highest BCUT2D eigenvalue weighted by Crippen LogP contribution is 2.09. The normalized spacial score (nSPS) is 15.8. The predicted octanol–water partition coefficient (Wildman–Crippen LogP) is 2.06. The van der Waals surface area contributed by atoms with Gasteiger partial charge in [-0.25, -0.2) is 0 Å². The van der Waals surface area contributed by atoms with E-state index in [4.69, 9.17) is 0 Å². The summed E-state index contributed by atoms with van der Waals surface area (Å²) in [7, 11) is 0. The van der Waals surface area contributed by atoms with Gasteiger partial charge in [-0.2, -0.15) is 0 Å². The number of aromatic nitrogens is 1. The Morgan fingerprint density at radius 2 is 2.17 bits per heavy atom. The highest BCUT2D eigenvalue weighted by atomic mass is 79.9. The minimum atomic E-state index is -0.0507. The Morgan fingerprint density at radius 3 is 2.89 bits per heavy atom. The quantitative estimate of drug-likeness (QED) is 0.847. The summed E-state index contributed by atoms with van der Waals surface area (Å²) in [6.07, 6.45) is 6.89. The molecule has 0 saturated carbocycles. The lowest BCUT2D eigenvalue weighted by Crippen LogP contribution is -2.28. The number of rotatable bonds is 5. The van der Waals surface area contributed by atoms with Crippen LogP contribution in [0.2, 0.25) is 0 Å². The number of amides is 1. The van der Waals surface area contributed by atoms with E-state index in [0.717, 1.165) is 24.0 Å². The van der Waals surface area contributed by atoms with E-state index in [-0.39, 0.29) is 5.91 Å².